The molecule has 0 aliphatic heterocycles. The van der Waals surface area contributed by atoms with E-state index in [1.807, 2.05) is 30.5 Å². The van der Waals surface area contributed by atoms with Crippen molar-refractivity contribution in [2.75, 3.05) is 13.1 Å². The Balaban J connectivity index is 1.40. The maximum atomic E-state index is 12.1. The van der Waals surface area contributed by atoms with Crippen LogP contribution in [0.1, 0.15) is 33.0 Å². The number of carbonyl (C=O) groups is 2. The van der Waals surface area contributed by atoms with Crippen LogP contribution in [0, 0.1) is 6.92 Å². The van der Waals surface area contributed by atoms with Gasteiger partial charge in [-0.05, 0) is 48.6 Å². The minimum Gasteiger partial charge on any atom is -0.351 e. The average molecular weight is 369 g/mol. The lowest BCUT2D eigenvalue weighted by Gasteiger charge is -2.06. The zero-order valence-electron chi connectivity index (χ0n) is 14.3. The smallest absolute Gasteiger partial charge is 0.271 e. The monoisotopic (exact) mass is 369 g/mol. The number of amides is 2. The number of hydrogen-bond acceptors (Lipinski definition) is 5. The summed E-state index contributed by atoms with van der Waals surface area (Å²) in [6.07, 6.45) is 2.23. The molecule has 0 aliphatic carbocycles. The quantitative estimate of drug-likeness (QED) is 0.557. The van der Waals surface area contributed by atoms with Crippen molar-refractivity contribution in [2.45, 2.75) is 13.3 Å². The number of aryl methyl sites for hydroxylation is 1. The van der Waals surface area contributed by atoms with E-state index in [9.17, 15) is 9.59 Å². The second-order valence-electron chi connectivity index (χ2n) is 5.73. The molecule has 26 heavy (non-hydrogen) atoms. The van der Waals surface area contributed by atoms with Crippen molar-refractivity contribution in [1.82, 2.24) is 25.8 Å². The van der Waals surface area contributed by atoms with Gasteiger partial charge in [0.2, 0.25) is 0 Å². The van der Waals surface area contributed by atoms with E-state index in [0.29, 0.717) is 30.9 Å². The van der Waals surface area contributed by atoms with Gasteiger partial charge in [-0.25, -0.2) is 0 Å². The number of carbonyl (C=O) groups excluding carboxylic acids is 2. The second kappa shape index (κ2) is 8.39. The van der Waals surface area contributed by atoms with Crippen LogP contribution in [0.5, 0.6) is 0 Å². The first kappa shape index (κ1) is 17.8. The van der Waals surface area contributed by atoms with E-state index in [-0.39, 0.29) is 11.8 Å². The number of pyridine rings is 1. The Hall–Kier alpha value is -3.00. The van der Waals surface area contributed by atoms with Gasteiger partial charge in [0.1, 0.15) is 5.69 Å². The van der Waals surface area contributed by atoms with Crippen molar-refractivity contribution in [1.29, 1.82) is 0 Å². The van der Waals surface area contributed by atoms with Gasteiger partial charge in [-0.15, -0.1) is 11.3 Å². The van der Waals surface area contributed by atoms with Crippen molar-refractivity contribution in [3.63, 3.8) is 0 Å². The molecule has 3 rings (SSSR count). The molecule has 3 N–H and O–H groups in total. The first-order valence-corrected chi connectivity index (χ1v) is 9.10. The van der Waals surface area contributed by atoms with Crippen molar-refractivity contribution >= 4 is 23.2 Å². The van der Waals surface area contributed by atoms with Crippen LogP contribution in [0.2, 0.25) is 0 Å². The fraction of sp³-hybridized carbons (Fsp3) is 0.222. The third-order valence-electron chi connectivity index (χ3n) is 3.67. The van der Waals surface area contributed by atoms with Crippen LogP contribution in [0.4, 0.5) is 0 Å². The Morgan fingerprint density at radius 2 is 1.88 bits per heavy atom. The van der Waals surface area contributed by atoms with Gasteiger partial charge in [0.25, 0.3) is 11.8 Å². The molecule has 7 nitrogen and oxygen atoms in total. The van der Waals surface area contributed by atoms with Gasteiger partial charge in [-0.2, -0.15) is 5.10 Å². The first-order valence-electron chi connectivity index (χ1n) is 8.22. The third-order valence-corrected chi connectivity index (χ3v) is 4.57. The molecule has 3 heterocycles. The summed E-state index contributed by atoms with van der Waals surface area (Å²) >= 11 is 1.58. The maximum Gasteiger partial charge on any atom is 0.271 e. The summed E-state index contributed by atoms with van der Waals surface area (Å²) in [4.78, 5) is 29.1. The number of aromatic amines is 1. The highest BCUT2D eigenvalue weighted by atomic mass is 32.1. The fourth-order valence-corrected chi connectivity index (χ4v) is 3.02. The van der Waals surface area contributed by atoms with Gasteiger partial charge < -0.3 is 10.6 Å². The molecule has 0 radical (unpaired) electrons. The zero-order valence-corrected chi connectivity index (χ0v) is 15.1. The highest BCUT2D eigenvalue weighted by molar-refractivity contribution is 7.13. The van der Waals surface area contributed by atoms with E-state index in [0.717, 1.165) is 16.1 Å². The van der Waals surface area contributed by atoms with Gasteiger partial charge in [0.05, 0.1) is 10.6 Å². The van der Waals surface area contributed by atoms with E-state index in [1.54, 1.807) is 29.7 Å². The molecule has 0 spiro atoms. The number of nitrogens with one attached hydrogen (secondary N) is 3. The van der Waals surface area contributed by atoms with E-state index >= 15 is 0 Å². The van der Waals surface area contributed by atoms with Crippen LogP contribution in [-0.2, 0) is 0 Å². The molecule has 0 fully saturated rings. The lowest BCUT2D eigenvalue weighted by molar-refractivity contribution is 0.0946. The predicted molar refractivity (Wildman–Crippen MR) is 100 cm³/mol. The molecule has 3 aromatic rings. The Morgan fingerprint density at radius 1 is 1.12 bits per heavy atom. The molecule has 0 aliphatic rings. The van der Waals surface area contributed by atoms with Gasteiger partial charge >= 0.3 is 0 Å². The highest BCUT2D eigenvalue weighted by Crippen LogP contribution is 2.22. The summed E-state index contributed by atoms with van der Waals surface area (Å²) in [5.74, 6) is -0.455. The van der Waals surface area contributed by atoms with E-state index < -0.39 is 0 Å². The summed E-state index contributed by atoms with van der Waals surface area (Å²) in [5, 5.41) is 14.5. The third kappa shape index (κ3) is 4.54. The van der Waals surface area contributed by atoms with Crippen LogP contribution in [0.15, 0.2) is 41.9 Å². The van der Waals surface area contributed by atoms with Gasteiger partial charge in [0, 0.05) is 19.3 Å². The minimum absolute atomic E-state index is 0.215. The molecule has 0 saturated heterocycles. The molecule has 3 aromatic heterocycles. The van der Waals surface area contributed by atoms with E-state index in [4.69, 9.17) is 0 Å². The molecule has 2 amide bonds. The normalized spacial score (nSPS) is 10.5. The lowest BCUT2D eigenvalue weighted by Crippen LogP contribution is -2.30. The summed E-state index contributed by atoms with van der Waals surface area (Å²) in [5.41, 5.74) is 2.55. The summed E-state index contributed by atoms with van der Waals surface area (Å²) in [6, 6.07) is 9.21. The minimum atomic E-state index is -0.240. The summed E-state index contributed by atoms with van der Waals surface area (Å²) in [7, 11) is 0. The number of rotatable bonds is 7. The van der Waals surface area contributed by atoms with Crippen LogP contribution < -0.4 is 10.6 Å². The van der Waals surface area contributed by atoms with Crippen LogP contribution in [-0.4, -0.2) is 40.1 Å². The topological polar surface area (TPSA) is 99.8 Å². The predicted octanol–water partition coefficient (Wildman–Crippen LogP) is 2.39. The van der Waals surface area contributed by atoms with E-state index in [2.05, 4.69) is 25.8 Å². The van der Waals surface area contributed by atoms with Crippen LogP contribution >= 0.6 is 11.3 Å². The first-order chi connectivity index (χ1) is 12.6. The number of hydrogen-bond donors (Lipinski definition) is 3. The molecule has 8 heteroatoms. The molecule has 0 saturated carbocycles. The average Bonchev–Trinajstić information content (AvgIpc) is 3.32. The summed E-state index contributed by atoms with van der Waals surface area (Å²) < 4.78 is 0. The molecule has 0 unspecified atom stereocenters. The van der Waals surface area contributed by atoms with E-state index in [1.165, 1.54) is 0 Å². The highest BCUT2D eigenvalue weighted by Gasteiger charge is 2.11. The van der Waals surface area contributed by atoms with Crippen molar-refractivity contribution in [3.8, 4) is 10.6 Å². The number of H-pyrrole nitrogens is 1. The van der Waals surface area contributed by atoms with Crippen LogP contribution in [0.25, 0.3) is 10.6 Å². The van der Waals surface area contributed by atoms with Crippen LogP contribution in [0.3, 0.4) is 0 Å². The SMILES string of the molecule is Cc1ccnc(C(=O)NCCCNC(=O)c2cc(-c3cccs3)[nH]n2)c1. The van der Waals surface area contributed by atoms with Crippen molar-refractivity contribution < 1.29 is 9.59 Å². The summed E-state index contributed by atoms with van der Waals surface area (Å²) in [6.45, 7) is 2.81. The Morgan fingerprint density at radius 3 is 2.58 bits per heavy atom. The number of thiophene rings is 1. The Kier molecular flexibility index (Phi) is 5.75. The van der Waals surface area contributed by atoms with Crippen molar-refractivity contribution in [3.05, 3.63) is 58.9 Å². The maximum absolute atomic E-state index is 12.1. The zero-order chi connectivity index (χ0) is 18.4. The number of aromatic nitrogens is 3. The molecule has 0 atom stereocenters. The van der Waals surface area contributed by atoms with Gasteiger partial charge in [-0.1, -0.05) is 6.07 Å². The molecular formula is C18H19N5O2S. The molecular weight excluding hydrogens is 350 g/mol. The molecule has 0 bridgehead atoms. The Bertz CT molecular complexity index is 889. The molecule has 134 valence electrons. The van der Waals surface area contributed by atoms with Gasteiger partial charge in [-0.3, -0.25) is 19.7 Å². The second-order valence-corrected chi connectivity index (χ2v) is 6.68. The Labute approximate surface area is 154 Å². The number of nitrogens with zero attached hydrogens (tertiary/aromatic N) is 2. The fourth-order valence-electron chi connectivity index (χ4n) is 2.33. The van der Waals surface area contributed by atoms with Crippen molar-refractivity contribution in [2.24, 2.45) is 0 Å². The standard InChI is InChI=1S/C18H19N5O2S/c1-12-5-8-19-14(10-12)17(24)20-6-3-7-21-18(25)15-11-13(22-23-15)16-4-2-9-26-16/h2,4-5,8-11H,3,6-7H2,1H3,(H,20,24)(H,21,25)(H,22,23). The lowest BCUT2D eigenvalue weighted by atomic mass is 10.2. The van der Waals surface area contributed by atoms with Gasteiger partial charge in [0.15, 0.2) is 5.69 Å². The molecule has 0 aromatic carbocycles. The largest absolute Gasteiger partial charge is 0.351 e.